The van der Waals surface area contributed by atoms with Gasteiger partial charge in [-0.05, 0) is 17.7 Å². The highest BCUT2D eigenvalue weighted by Crippen LogP contribution is 2.35. The Balaban J connectivity index is 1.91. The van der Waals surface area contributed by atoms with E-state index in [2.05, 4.69) is 10.2 Å². The lowest BCUT2D eigenvalue weighted by Crippen LogP contribution is -1.91. The standard InChI is InChI=1S/C15H9Cl3N2S/c16-11-7-6-10(8-12(11)17)14-19-20-15(21-14)13(18)9-4-2-1-3-5-9/h1-8,13H. The minimum absolute atomic E-state index is 0.305. The first-order valence-electron chi connectivity index (χ1n) is 6.13. The molecule has 1 aromatic heterocycles. The van der Waals surface area contributed by atoms with E-state index in [0.29, 0.717) is 10.0 Å². The fourth-order valence-electron chi connectivity index (χ4n) is 1.85. The van der Waals surface area contributed by atoms with E-state index in [4.69, 9.17) is 34.8 Å². The monoisotopic (exact) mass is 354 g/mol. The van der Waals surface area contributed by atoms with Crippen LogP contribution in [0.25, 0.3) is 10.6 Å². The van der Waals surface area contributed by atoms with Crippen LogP contribution < -0.4 is 0 Å². The van der Waals surface area contributed by atoms with E-state index in [1.54, 1.807) is 12.1 Å². The van der Waals surface area contributed by atoms with E-state index in [1.807, 2.05) is 36.4 Å². The average Bonchev–Trinajstić information content (AvgIpc) is 3.00. The molecule has 0 saturated carbocycles. The second kappa shape index (κ2) is 6.32. The molecule has 2 aromatic carbocycles. The number of nitrogens with zero attached hydrogens (tertiary/aromatic N) is 2. The van der Waals surface area contributed by atoms with Crippen molar-refractivity contribution in [1.82, 2.24) is 10.2 Å². The number of hydrogen-bond acceptors (Lipinski definition) is 3. The van der Waals surface area contributed by atoms with Gasteiger partial charge < -0.3 is 0 Å². The van der Waals surface area contributed by atoms with Crippen LogP contribution in [-0.4, -0.2) is 10.2 Å². The lowest BCUT2D eigenvalue weighted by molar-refractivity contribution is 0.988. The number of rotatable bonds is 3. The third kappa shape index (κ3) is 3.22. The van der Waals surface area contributed by atoms with Crippen molar-refractivity contribution in [3.63, 3.8) is 0 Å². The van der Waals surface area contributed by atoms with Gasteiger partial charge in [0.1, 0.15) is 15.4 Å². The molecular weight excluding hydrogens is 347 g/mol. The van der Waals surface area contributed by atoms with Crippen LogP contribution in [0.2, 0.25) is 10.0 Å². The number of benzene rings is 2. The number of halogens is 3. The number of hydrogen-bond donors (Lipinski definition) is 0. The van der Waals surface area contributed by atoms with E-state index >= 15 is 0 Å². The molecule has 0 N–H and O–H groups in total. The minimum Gasteiger partial charge on any atom is -0.141 e. The summed E-state index contributed by atoms with van der Waals surface area (Å²) in [5, 5.41) is 10.6. The Labute approximate surface area is 141 Å². The second-order valence-electron chi connectivity index (χ2n) is 4.35. The van der Waals surface area contributed by atoms with Crippen LogP contribution in [0.1, 0.15) is 15.9 Å². The van der Waals surface area contributed by atoms with Gasteiger partial charge in [0.2, 0.25) is 0 Å². The molecule has 3 rings (SSSR count). The Bertz CT molecular complexity index is 759. The molecule has 0 fully saturated rings. The molecule has 106 valence electrons. The summed E-state index contributed by atoms with van der Waals surface area (Å²) >= 11 is 19.8. The Morgan fingerprint density at radius 2 is 1.67 bits per heavy atom. The van der Waals surface area contributed by atoms with E-state index in [9.17, 15) is 0 Å². The summed E-state index contributed by atoms with van der Waals surface area (Å²) in [5.41, 5.74) is 1.88. The molecule has 6 heteroatoms. The largest absolute Gasteiger partial charge is 0.147 e. The van der Waals surface area contributed by atoms with Crippen LogP contribution in [-0.2, 0) is 0 Å². The van der Waals surface area contributed by atoms with Crippen molar-refractivity contribution in [3.05, 3.63) is 69.1 Å². The molecule has 0 aliphatic rings. The molecule has 0 aliphatic carbocycles. The fourth-order valence-corrected chi connectivity index (χ4v) is 3.31. The Kier molecular flexibility index (Phi) is 4.45. The van der Waals surface area contributed by atoms with E-state index in [-0.39, 0.29) is 5.38 Å². The van der Waals surface area contributed by atoms with Gasteiger partial charge in [0, 0.05) is 5.56 Å². The highest BCUT2D eigenvalue weighted by Gasteiger charge is 2.17. The quantitative estimate of drug-likeness (QED) is 0.551. The van der Waals surface area contributed by atoms with Crippen molar-refractivity contribution in [2.24, 2.45) is 0 Å². The molecule has 3 aromatic rings. The normalized spacial score (nSPS) is 12.3. The van der Waals surface area contributed by atoms with Crippen molar-refractivity contribution in [1.29, 1.82) is 0 Å². The molecule has 0 bridgehead atoms. The second-order valence-corrected chi connectivity index (χ2v) is 6.61. The van der Waals surface area contributed by atoms with Gasteiger partial charge in [-0.15, -0.1) is 21.8 Å². The van der Waals surface area contributed by atoms with Gasteiger partial charge in [-0.1, -0.05) is 70.9 Å². The van der Waals surface area contributed by atoms with Crippen molar-refractivity contribution < 1.29 is 0 Å². The molecule has 1 atom stereocenters. The zero-order valence-corrected chi connectivity index (χ0v) is 13.7. The first-order chi connectivity index (χ1) is 10.1. The maximum absolute atomic E-state index is 6.45. The highest BCUT2D eigenvalue weighted by atomic mass is 35.5. The lowest BCUT2D eigenvalue weighted by atomic mass is 10.1. The van der Waals surface area contributed by atoms with Gasteiger partial charge >= 0.3 is 0 Å². The third-order valence-electron chi connectivity index (χ3n) is 2.92. The van der Waals surface area contributed by atoms with Crippen molar-refractivity contribution in [2.75, 3.05) is 0 Å². The Morgan fingerprint density at radius 1 is 0.905 bits per heavy atom. The molecule has 1 heterocycles. The summed E-state index contributed by atoms with van der Waals surface area (Å²) in [6.45, 7) is 0. The predicted molar refractivity (Wildman–Crippen MR) is 89.5 cm³/mol. The van der Waals surface area contributed by atoms with Crippen LogP contribution in [0.5, 0.6) is 0 Å². The first kappa shape index (κ1) is 14.8. The average molecular weight is 356 g/mol. The summed E-state index contributed by atoms with van der Waals surface area (Å²) < 4.78 is 0. The number of alkyl halides is 1. The maximum Gasteiger partial charge on any atom is 0.147 e. The molecule has 0 radical (unpaired) electrons. The van der Waals surface area contributed by atoms with Gasteiger partial charge in [-0.2, -0.15) is 0 Å². The molecular formula is C15H9Cl3N2S. The van der Waals surface area contributed by atoms with E-state index in [1.165, 1.54) is 11.3 Å². The molecule has 0 amide bonds. The van der Waals surface area contributed by atoms with Crippen LogP contribution >= 0.6 is 46.1 Å². The predicted octanol–water partition coefficient (Wildman–Crippen LogP) is 5.84. The molecule has 2 nitrogen and oxygen atoms in total. The summed E-state index contributed by atoms with van der Waals surface area (Å²) in [7, 11) is 0. The van der Waals surface area contributed by atoms with Crippen molar-refractivity contribution in [2.45, 2.75) is 5.38 Å². The molecule has 0 saturated heterocycles. The van der Waals surface area contributed by atoms with Crippen molar-refractivity contribution in [3.8, 4) is 10.6 Å². The highest BCUT2D eigenvalue weighted by molar-refractivity contribution is 7.15. The summed E-state index contributed by atoms with van der Waals surface area (Å²) in [4.78, 5) is 0. The zero-order chi connectivity index (χ0) is 14.8. The van der Waals surface area contributed by atoms with Gasteiger partial charge in [0.05, 0.1) is 10.0 Å². The van der Waals surface area contributed by atoms with Gasteiger partial charge in [0.25, 0.3) is 0 Å². The summed E-state index contributed by atoms with van der Waals surface area (Å²) in [6.07, 6.45) is 0. The van der Waals surface area contributed by atoms with Crippen LogP contribution in [0.15, 0.2) is 48.5 Å². The molecule has 0 aliphatic heterocycles. The molecule has 21 heavy (non-hydrogen) atoms. The number of aromatic nitrogens is 2. The Morgan fingerprint density at radius 3 is 2.38 bits per heavy atom. The maximum atomic E-state index is 6.45. The summed E-state index contributed by atoms with van der Waals surface area (Å²) in [6, 6.07) is 15.2. The van der Waals surface area contributed by atoms with Gasteiger partial charge in [-0.3, -0.25) is 0 Å². The van der Waals surface area contributed by atoms with E-state index < -0.39 is 0 Å². The van der Waals surface area contributed by atoms with E-state index in [0.717, 1.165) is 21.1 Å². The molecule has 0 spiro atoms. The Hall–Kier alpha value is -1.13. The SMILES string of the molecule is Clc1ccc(-c2nnc(C(Cl)c3ccccc3)s2)cc1Cl. The summed E-state index contributed by atoms with van der Waals surface area (Å²) in [5.74, 6) is 0. The fraction of sp³-hybridized carbons (Fsp3) is 0.0667. The van der Waals surface area contributed by atoms with Crippen LogP contribution in [0, 0.1) is 0 Å². The minimum atomic E-state index is -0.305. The topological polar surface area (TPSA) is 25.8 Å². The third-order valence-corrected chi connectivity index (χ3v) is 5.28. The van der Waals surface area contributed by atoms with Gasteiger partial charge in [0.15, 0.2) is 0 Å². The van der Waals surface area contributed by atoms with Crippen LogP contribution in [0.3, 0.4) is 0 Å². The lowest BCUT2D eigenvalue weighted by Gasteiger charge is -2.04. The van der Waals surface area contributed by atoms with Crippen molar-refractivity contribution >= 4 is 46.1 Å². The molecule has 1 unspecified atom stereocenters. The zero-order valence-electron chi connectivity index (χ0n) is 10.6. The first-order valence-corrected chi connectivity index (χ1v) is 8.14. The smallest absolute Gasteiger partial charge is 0.141 e. The van der Waals surface area contributed by atoms with Gasteiger partial charge in [-0.25, -0.2) is 0 Å². The van der Waals surface area contributed by atoms with Crippen LogP contribution in [0.4, 0.5) is 0 Å².